The number of Topliss-reactive ketones (excluding diaryl/α,β-unsaturated/α-hetero) is 2. The van der Waals surface area contributed by atoms with Gasteiger partial charge in [0.1, 0.15) is 0 Å². The molecular weight excluding hydrogens is 206 g/mol. The van der Waals surface area contributed by atoms with Gasteiger partial charge in [0.15, 0.2) is 11.6 Å². The van der Waals surface area contributed by atoms with E-state index in [1.165, 1.54) is 11.8 Å². The van der Waals surface area contributed by atoms with Crippen LogP contribution in [0, 0.1) is 0 Å². The Balaban J connectivity index is 2.44. The van der Waals surface area contributed by atoms with Gasteiger partial charge >= 0.3 is 0 Å². The summed E-state index contributed by atoms with van der Waals surface area (Å²) in [5.41, 5.74) is 1.01. The molecule has 1 amide bonds. The van der Waals surface area contributed by atoms with E-state index in [1.54, 1.807) is 24.3 Å². The zero-order valence-corrected chi connectivity index (χ0v) is 8.90. The third-order valence-corrected chi connectivity index (χ3v) is 2.56. The number of amides is 1. The molecule has 1 aromatic rings. The Morgan fingerprint density at radius 2 is 1.94 bits per heavy atom. The van der Waals surface area contributed by atoms with E-state index in [1.807, 2.05) is 0 Å². The number of carbonyl (C=O) groups is 3. The van der Waals surface area contributed by atoms with Gasteiger partial charge in [0, 0.05) is 5.56 Å². The first-order valence-electron chi connectivity index (χ1n) is 5.01. The fourth-order valence-corrected chi connectivity index (χ4v) is 1.81. The van der Waals surface area contributed by atoms with Crippen LogP contribution in [0.25, 0.3) is 0 Å². The van der Waals surface area contributed by atoms with E-state index >= 15 is 0 Å². The molecule has 4 nitrogen and oxygen atoms in total. The summed E-state index contributed by atoms with van der Waals surface area (Å²) in [6.07, 6.45) is -0.0633. The third-order valence-electron chi connectivity index (χ3n) is 2.56. The van der Waals surface area contributed by atoms with Gasteiger partial charge in [0.05, 0.1) is 18.7 Å². The molecule has 1 fully saturated rings. The lowest BCUT2D eigenvalue weighted by Gasteiger charge is -2.17. The number of ketones is 2. The summed E-state index contributed by atoms with van der Waals surface area (Å²) < 4.78 is 0. The highest BCUT2D eigenvalue weighted by molar-refractivity contribution is 6.17. The van der Waals surface area contributed by atoms with Crippen LogP contribution in [0.15, 0.2) is 24.3 Å². The Labute approximate surface area is 92.9 Å². The first-order valence-corrected chi connectivity index (χ1v) is 5.01. The molecule has 0 unspecified atom stereocenters. The second-order valence-corrected chi connectivity index (χ2v) is 3.77. The Morgan fingerprint density at radius 1 is 1.25 bits per heavy atom. The maximum atomic E-state index is 11.6. The minimum Gasteiger partial charge on any atom is -0.304 e. The SMILES string of the molecule is CC(=O)c1ccccc1N1CC(=O)CC1=O. The van der Waals surface area contributed by atoms with Crippen molar-refractivity contribution < 1.29 is 14.4 Å². The van der Waals surface area contributed by atoms with E-state index in [2.05, 4.69) is 0 Å². The van der Waals surface area contributed by atoms with Gasteiger partial charge in [-0.3, -0.25) is 14.4 Å². The van der Waals surface area contributed by atoms with Crippen LogP contribution >= 0.6 is 0 Å². The smallest absolute Gasteiger partial charge is 0.234 e. The van der Waals surface area contributed by atoms with Gasteiger partial charge in [0.25, 0.3) is 0 Å². The molecule has 1 aliphatic heterocycles. The first kappa shape index (κ1) is 10.5. The second-order valence-electron chi connectivity index (χ2n) is 3.77. The summed E-state index contributed by atoms with van der Waals surface area (Å²) in [6.45, 7) is 1.52. The molecule has 0 bridgehead atoms. The van der Waals surface area contributed by atoms with Crippen molar-refractivity contribution in [1.82, 2.24) is 0 Å². The van der Waals surface area contributed by atoms with Gasteiger partial charge in [-0.05, 0) is 19.1 Å². The highest BCUT2D eigenvalue weighted by atomic mass is 16.2. The van der Waals surface area contributed by atoms with Gasteiger partial charge in [-0.1, -0.05) is 12.1 Å². The van der Waals surface area contributed by atoms with Gasteiger partial charge in [-0.2, -0.15) is 0 Å². The van der Waals surface area contributed by atoms with E-state index in [4.69, 9.17) is 0 Å². The van der Waals surface area contributed by atoms with Crippen molar-refractivity contribution in [3.05, 3.63) is 29.8 Å². The van der Waals surface area contributed by atoms with Gasteiger partial charge < -0.3 is 4.90 Å². The van der Waals surface area contributed by atoms with E-state index in [0.717, 1.165) is 0 Å². The molecule has 0 saturated carbocycles. The maximum Gasteiger partial charge on any atom is 0.234 e. The summed E-state index contributed by atoms with van der Waals surface area (Å²) >= 11 is 0. The summed E-state index contributed by atoms with van der Waals surface area (Å²) in [6, 6.07) is 6.83. The Bertz CT molecular complexity index is 479. The second kappa shape index (κ2) is 3.89. The number of rotatable bonds is 2. The molecule has 0 spiro atoms. The zero-order valence-electron chi connectivity index (χ0n) is 8.90. The highest BCUT2D eigenvalue weighted by Crippen LogP contribution is 2.24. The predicted octanol–water partition coefficient (Wildman–Crippen LogP) is 1.20. The van der Waals surface area contributed by atoms with Crippen molar-refractivity contribution in [3.63, 3.8) is 0 Å². The van der Waals surface area contributed by atoms with E-state index in [-0.39, 0.29) is 30.4 Å². The van der Waals surface area contributed by atoms with Crippen molar-refractivity contribution in [2.75, 3.05) is 11.4 Å². The standard InChI is InChI=1S/C12H11NO3/c1-8(14)10-4-2-3-5-11(10)13-7-9(15)6-12(13)16/h2-5H,6-7H2,1H3. The minimum absolute atomic E-state index is 0.0633. The van der Waals surface area contributed by atoms with Crippen LogP contribution in [0.2, 0.25) is 0 Å². The molecule has 1 saturated heterocycles. The quantitative estimate of drug-likeness (QED) is 0.552. The lowest BCUT2D eigenvalue weighted by molar-refractivity contribution is -0.121. The third kappa shape index (κ3) is 1.74. The Kier molecular flexibility index (Phi) is 2.56. The van der Waals surface area contributed by atoms with Crippen LogP contribution < -0.4 is 4.90 Å². The molecule has 1 heterocycles. The molecule has 0 N–H and O–H groups in total. The Hall–Kier alpha value is -1.97. The van der Waals surface area contributed by atoms with Crippen LogP contribution in [0.5, 0.6) is 0 Å². The van der Waals surface area contributed by atoms with Gasteiger partial charge in [0.2, 0.25) is 5.91 Å². The molecule has 1 aromatic carbocycles. The van der Waals surface area contributed by atoms with Crippen LogP contribution in [-0.2, 0) is 9.59 Å². The number of carbonyl (C=O) groups excluding carboxylic acids is 3. The normalized spacial score (nSPS) is 15.7. The molecule has 0 aromatic heterocycles. The molecule has 0 radical (unpaired) electrons. The van der Waals surface area contributed by atoms with E-state index in [0.29, 0.717) is 11.3 Å². The Morgan fingerprint density at radius 3 is 2.50 bits per heavy atom. The molecule has 0 atom stereocenters. The van der Waals surface area contributed by atoms with Crippen LogP contribution in [0.3, 0.4) is 0 Å². The molecule has 82 valence electrons. The summed E-state index contributed by atoms with van der Waals surface area (Å²) in [5, 5.41) is 0. The molecular formula is C12H11NO3. The monoisotopic (exact) mass is 217 g/mol. The largest absolute Gasteiger partial charge is 0.304 e. The molecule has 2 rings (SSSR count). The average molecular weight is 217 g/mol. The number of nitrogens with zero attached hydrogens (tertiary/aromatic N) is 1. The van der Waals surface area contributed by atoms with E-state index < -0.39 is 0 Å². The summed E-state index contributed by atoms with van der Waals surface area (Å²) in [5.74, 6) is -0.454. The van der Waals surface area contributed by atoms with Gasteiger partial charge in [-0.25, -0.2) is 0 Å². The number of hydrogen-bond donors (Lipinski definition) is 0. The number of benzene rings is 1. The minimum atomic E-state index is -0.237. The van der Waals surface area contributed by atoms with Crippen molar-refractivity contribution in [3.8, 4) is 0 Å². The molecule has 16 heavy (non-hydrogen) atoms. The summed E-state index contributed by atoms with van der Waals surface area (Å²) in [7, 11) is 0. The zero-order chi connectivity index (χ0) is 11.7. The molecule has 4 heteroatoms. The highest BCUT2D eigenvalue weighted by Gasteiger charge is 2.30. The lowest BCUT2D eigenvalue weighted by Crippen LogP contribution is -2.26. The van der Waals surface area contributed by atoms with E-state index in [9.17, 15) is 14.4 Å². The number of para-hydroxylation sites is 1. The molecule has 0 aliphatic carbocycles. The van der Waals surface area contributed by atoms with Crippen LogP contribution in [0.4, 0.5) is 5.69 Å². The molecule has 1 aliphatic rings. The lowest BCUT2D eigenvalue weighted by atomic mass is 10.1. The van der Waals surface area contributed by atoms with Crippen molar-refractivity contribution in [2.24, 2.45) is 0 Å². The topological polar surface area (TPSA) is 54.5 Å². The maximum absolute atomic E-state index is 11.6. The van der Waals surface area contributed by atoms with Crippen LogP contribution in [0.1, 0.15) is 23.7 Å². The van der Waals surface area contributed by atoms with Crippen molar-refractivity contribution >= 4 is 23.2 Å². The predicted molar refractivity (Wildman–Crippen MR) is 58.4 cm³/mol. The number of anilines is 1. The fourth-order valence-electron chi connectivity index (χ4n) is 1.81. The number of hydrogen-bond acceptors (Lipinski definition) is 3. The fraction of sp³-hybridized carbons (Fsp3) is 0.250. The first-order chi connectivity index (χ1) is 7.59. The van der Waals surface area contributed by atoms with Crippen LogP contribution in [-0.4, -0.2) is 24.0 Å². The average Bonchev–Trinajstić information content (AvgIpc) is 2.57. The van der Waals surface area contributed by atoms with Gasteiger partial charge in [-0.15, -0.1) is 0 Å². The van der Waals surface area contributed by atoms with Crippen molar-refractivity contribution in [1.29, 1.82) is 0 Å². The summed E-state index contributed by atoms with van der Waals surface area (Å²) in [4.78, 5) is 35.5. The van der Waals surface area contributed by atoms with Crippen molar-refractivity contribution in [2.45, 2.75) is 13.3 Å².